The molecule has 0 aliphatic rings. The number of hydrogen-bond acceptors (Lipinski definition) is 5. The molecule has 0 saturated heterocycles. The molecule has 0 aliphatic carbocycles. The van der Waals surface area contributed by atoms with E-state index in [1.54, 1.807) is 6.20 Å². The molecule has 3 aromatic rings. The summed E-state index contributed by atoms with van der Waals surface area (Å²) in [4.78, 5) is 36.3. The van der Waals surface area contributed by atoms with E-state index in [1.807, 2.05) is 44.4 Å². The fraction of sp³-hybridized carbons (Fsp3) is 0.263. The Morgan fingerprint density at radius 3 is 2.52 bits per heavy atom. The minimum absolute atomic E-state index is 0.234. The Balaban J connectivity index is 1.56. The molecule has 0 radical (unpaired) electrons. The van der Waals surface area contributed by atoms with E-state index in [2.05, 4.69) is 25.8 Å². The Morgan fingerprint density at radius 2 is 1.81 bits per heavy atom. The molecule has 8 heteroatoms. The van der Waals surface area contributed by atoms with Crippen LogP contribution in [0.3, 0.4) is 0 Å². The van der Waals surface area contributed by atoms with Gasteiger partial charge in [-0.2, -0.15) is 0 Å². The number of benzene rings is 1. The van der Waals surface area contributed by atoms with E-state index in [0.717, 1.165) is 33.0 Å². The van der Waals surface area contributed by atoms with E-state index >= 15 is 0 Å². The van der Waals surface area contributed by atoms with Gasteiger partial charge in [-0.1, -0.05) is 30.0 Å². The lowest BCUT2D eigenvalue weighted by Gasteiger charge is -2.10. The van der Waals surface area contributed by atoms with Crippen molar-refractivity contribution >= 4 is 34.5 Å². The standard InChI is InChI=1S/C19H21N5O2S/c1-11-13(12(2)22-19(21-11)27-3)8-9-17(25)23-24-18(26)15-10-20-16-7-5-4-6-14(15)16/h4-7,10,20H,8-9H2,1-3H3,(H,23,25)(H,24,26). The third-order valence-electron chi connectivity index (χ3n) is 4.33. The number of hydrogen-bond donors (Lipinski definition) is 3. The highest BCUT2D eigenvalue weighted by atomic mass is 32.2. The molecule has 1 aromatic carbocycles. The third kappa shape index (κ3) is 4.28. The number of H-pyrrole nitrogens is 1. The summed E-state index contributed by atoms with van der Waals surface area (Å²) in [7, 11) is 0. The number of aryl methyl sites for hydroxylation is 2. The number of rotatable bonds is 5. The topological polar surface area (TPSA) is 99.8 Å². The molecular weight excluding hydrogens is 362 g/mol. The predicted molar refractivity (Wildman–Crippen MR) is 106 cm³/mol. The fourth-order valence-electron chi connectivity index (χ4n) is 2.92. The molecule has 0 aliphatic heterocycles. The molecule has 0 saturated carbocycles. The Labute approximate surface area is 161 Å². The van der Waals surface area contributed by atoms with Crippen LogP contribution < -0.4 is 10.9 Å². The Bertz CT molecular complexity index is 976. The van der Waals surface area contributed by atoms with Gasteiger partial charge in [0.1, 0.15) is 0 Å². The van der Waals surface area contributed by atoms with E-state index in [-0.39, 0.29) is 18.2 Å². The molecule has 2 amide bonds. The van der Waals surface area contributed by atoms with Crippen LogP contribution in [0, 0.1) is 13.8 Å². The van der Waals surface area contributed by atoms with Crippen molar-refractivity contribution in [3.8, 4) is 0 Å². The Kier molecular flexibility index (Phi) is 5.75. The molecule has 2 heterocycles. The monoisotopic (exact) mass is 383 g/mol. The van der Waals surface area contributed by atoms with Crippen LogP contribution in [-0.2, 0) is 11.2 Å². The normalized spacial score (nSPS) is 10.8. The number of amides is 2. The lowest BCUT2D eigenvalue weighted by atomic mass is 10.1. The maximum atomic E-state index is 12.3. The van der Waals surface area contributed by atoms with Gasteiger partial charge in [0.25, 0.3) is 5.91 Å². The first-order valence-corrected chi connectivity index (χ1v) is 9.75. The second kappa shape index (κ2) is 8.22. The third-order valence-corrected chi connectivity index (χ3v) is 4.88. The van der Waals surface area contributed by atoms with Gasteiger partial charge in [-0.15, -0.1) is 0 Å². The van der Waals surface area contributed by atoms with Crippen LogP contribution in [-0.4, -0.2) is 33.0 Å². The van der Waals surface area contributed by atoms with Crippen LogP contribution in [0.5, 0.6) is 0 Å². The smallest absolute Gasteiger partial charge is 0.271 e. The van der Waals surface area contributed by atoms with Crippen LogP contribution in [0.25, 0.3) is 10.9 Å². The molecule has 2 aromatic heterocycles. The van der Waals surface area contributed by atoms with Crippen LogP contribution >= 0.6 is 11.8 Å². The highest BCUT2D eigenvalue weighted by Gasteiger charge is 2.14. The zero-order chi connectivity index (χ0) is 19.4. The highest BCUT2D eigenvalue weighted by molar-refractivity contribution is 7.98. The number of fused-ring (bicyclic) bond motifs is 1. The first-order chi connectivity index (χ1) is 13.0. The molecule has 27 heavy (non-hydrogen) atoms. The first kappa shape index (κ1) is 18.9. The van der Waals surface area contributed by atoms with E-state index in [0.29, 0.717) is 12.0 Å². The number of nitrogens with zero attached hydrogens (tertiary/aromatic N) is 2. The molecule has 0 bridgehead atoms. The van der Waals surface area contributed by atoms with Crippen molar-refractivity contribution in [2.45, 2.75) is 31.8 Å². The number of carbonyl (C=O) groups excluding carboxylic acids is 2. The molecule has 3 rings (SSSR count). The zero-order valence-electron chi connectivity index (χ0n) is 15.4. The molecule has 0 unspecified atom stereocenters. The number of aromatic amines is 1. The average Bonchev–Trinajstić information content (AvgIpc) is 3.09. The van der Waals surface area contributed by atoms with E-state index in [1.165, 1.54) is 11.8 Å². The molecule has 140 valence electrons. The number of aromatic nitrogens is 3. The van der Waals surface area contributed by atoms with Crippen molar-refractivity contribution in [2.24, 2.45) is 0 Å². The van der Waals surface area contributed by atoms with Crippen molar-refractivity contribution in [1.82, 2.24) is 25.8 Å². The van der Waals surface area contributed by atoms with Crippen molar-refractivity contribution in [3.05, 3.63) is 53.0 Å². The minimum atomic E-state index is -0.360. The van der Waals surface area contributed by atoms with Gasteiger partial charge in [-0.3, -0.25) is 20.4 Å². The SMILES string of the molecule is CSc1nc(C)c(CCC(=O)NNC(=O)c2c[nH]c3ccccc23)c(C)n1. The molecule has 0 atom stereocenters. The van der Waals surface area contributed by atoms with Crippen LogP contribution in [0.2, 0.25) is 0 Å². The summed E-state index contributed by atoms with van der Waals surface area (Å²) in [5.74, 6) is -0.628. The molecule has 3 N–H and O–H groups in total. The van der Waals surface area contributed by atoms with Crippen LogP contribution in [0.1, 0.15) is 33.7 Å². The number of thioether (sulfide) groups is 1. The van der Waals surface area contributed by atoms with Gasteiger partial charge in [-0.25, -0.2) is 9.97 Å². The number of hydrazine groups is 1. The first-order valence-electron chi connectivity index (χ1n) is 8.53. The van der Waals surface area contributed by atoms with Crippen molar-refractivity contribution < 1.29 is 9.59 Å². The van der Waals surface area contributed by atoms with Gasteiger partial charge < -0.3 is 4.98 Å². The number of nitrogens with one attached hydrogen (secondary N) is 3. The maximum absolute atomic E-state index is 12.3. The summed E-state index contributed by atoms with van der Waals surface area (Å²) in [6.45, 7) is 3.83. The zero-order valence-corrected chi connectivity index (χ0v) is 16.2. The summed E-state index contributed by atoms with van der Waals surface area (Å²) in [5, 5.41) is 1.53. The Morgan fingerprint density at radius 1 is 1.11 bits per heavy atom. The van der Waals surface area contributed by atoms with Crippen molar-refractivity contribution in [2.75, 3.05) is 6.26 Å². The Hall–Kier alpha value is -2.87. The summed E-state index contributed by atoms with van der Waals surface area (Å²) in [5.41, 5.74) is 9.01. The second-order valence-electron chi connectivity index (χ2n) is 6.11. The fourth-order valence-corrected chi connectivity index (χ4v) is 3.37. The number of para-hydroxylation sites is 1. The van der Waals surface area contributed by atoms with E-state index < -0.39 is 0 Å². The quantitative estimate of drug-likeness (QED) is 0.357. The van der Waals surface area contributed by atoms with Gasteiger partial charge in [0, 0.05) is 34.9 Å². The van der Waals surface area contributed by atoms with Crippen LogP contribution in [0.15, 0.2) is 35.6 Å². The highest BCUT2D eigenvalue weighted by Crippen LogP contribution is 2.18. The molecule has 7 nitrogen and oxygen atoms in total. The van der Waals surface area contributed by atoms with Gasteiger partial charge >= 0.3 is 0 Å². The number of carbonyl (C=O) groups is 2. The average molecular weight is 383 g/mol. The summed E-state index contributed by atoms with van der Waals surface area (Å²) in [6.07, 6.45) is 4.31. The van der Waals surface area contributed by atoms with Crippen molar-refractivity contribution in [1.29, 1.82) is 0 Å². The van der Waals surface area contributed by atoms with Crippen molar-refractivity contribution in [3.63, 3.8) is 0 Å². The molecule has 0 fully saturated rings. The summed E-state index contributed by atoms with van der Waals surface area (Å²) < 4.78 is 0. The second-order valence-corrected chi connectivity index (χ2v) is 6.88. The summed E-state index contributed by atoms with van der Waals surface area (Å²) >= 11 is 1.49. The molecular formula is C19H21N5O2S. The summed E-state index contributed by atoms with van der Waals surface area (Å²) in [6, 6.07) is 7.49. The van der Waals surface area contributed by atoms with Gasteiger partial charge in [-0.05, 0) is 38.2 Å². The minimum Gasteiger partial charge on any atom is -0.360 e. The van der Waals surface area contributed by atoms with Gasteiger partial charge in [0.2, 0.25) is 5.91 Å². The lowest BCUT2D eigenvalue weighted by Crippen LogP contribution is -2.41. The predicted octanol–water partition coefficient (Wildman–Crippen LogP) is 2.69. The van der Waals surface area contributed by atoms with Crippen LogP contribution in [0.4, 0.5) is 0 Å². The maximum Gasteiger partial charge on any atom is 0.271 e. The molecule has 0 spiro atoms. The lowest BCUT2D eigenvalue weighted by molar-refractivity contribution is -0.121. The van der Waals surface area contributed by atoms with E-state index in [9.17, 15) is 9.59 Å². The van der Waals surface area contributed by atoms with Gasteiger partial charge in [0.15, 0.2) is 5.16 Å². The largest absolute Gasteiger partial charge is 0.360 e. The van der Waals surface area contributed by atoms with Gasteiger partial charge in [0.05, 0.1) is 5.56 Å². The van der Waals surface area contributed by atoms with E-state index in [4.69, 9.17) is 0 Å².